The van der Waals surface area contributed by atoms with Gasteiger partial charge in [0.25, 0.3) is 0 Å². The normalized spacial score (nSPS) is 15.4. The molecule has 0 spiro atoms. The zero-order chi connectivity index (χ0) is 14.0. The second-order valence-corrected chi connectivity index (χ2v) is 6.50. The van der Waals surface area contributed by atoms with E-state index < -0.39 is 5.60 Å². The smallest absolute Gasteiger partial charge is 0.340 e. The highest BCUT2D eigenvalue weighted by Gasteiger charge is 2.24. The van der Waals surface area contributed by atoms with Crippen LogP contribution in [-0.4, -0.2) is 16.6 Å². The van der Waals surface area contributed by atoms with Gasteiger partial charge in [-0.3, -0.25) is 0 Å². The average molecular weight is 282 g/mol. The van der Waals surface area contributed by atoms with Crippen LogP contribution in [0.3, 0.4) is 0 Å². The van der Waals surface area contributed by atoms with Gasteiger partial charge in [-0.2, -0.15) is 0 Å². The first-order valence-corrected chi connectivity index (χ1v) is 7.12. The van der Waals surface area contributed by atoms with Crippen molar-refractivity contribution in [3.63, 3.8) is 0 Å². The SMILES string of the molecule is CC(C)(C)OC(=O)c1ccc(Cl)nc1CCC1CC1. The summed E-state index contributed by atoms with van der Waals surface area (Å²) in [5, 5.41) is 0.429. The predicted octanol–water partition coefficient (Wildman–Crippen LogP) is 4.03. The molecule has 1 heterocycles. The van der Waals surface area contributed by atoms with Crippen molar-refractivity contribution in [3.8, 4) is 0 Å². The van der Waals surface area contributed by atoms with Gasteiger partial charge in [0.15, 0.2) is 0 Å². The van der Waals surface area contributed by atoms with E-state index in [0.29, 0.717) is 10.7 Å². The molecule has 0 N–H and O–H groups in total. The van der Waals surface area contributed by atoms with Crippen molar-refractivity contribution >= 4 is 17.6 Å². The molecule has 1 fully saturated rings. The van der Waals surface area contributed by atoms with E-state index in [4.69, 9.17) is 16.3 Å². The third kappa shape index (κ3) is 4.50. The van der Waals surface area contributed by atoms with Crippen LogP contribution in [0.25, 0.3) is 0 Å². The quantitative estimate of drug-likeness (QED) is 0.618. The van der Waals surface area contributed by atoms with Crippen LogP contribution in [0.2, 0.25) is 5.15 Å². The van der Waals surface area contributed by atoms with Gasteiger partial charge in [0.1, 0.15) is 10.8 Å². The lowest BCUT2D eigenvalue weighted by atomic mass is 10.1. The molecule has 0 atom stereocenters. The van der Waals surface area contributed by atoms with E-state index in [1.807, 2.05) is 20.8 Å². The first-order chi connectivity index (χ1) is 8.85. The predicted molar refractivity (Wildman–Crippen MR) is 75.5 cm³/mol. The Kier molecular flexibility index (Phi) is 4.14. The molecule has 0 radical (unpaired) electrons. The molecular formula is C15H20ClNO2. The number of aryl methyl sites for hydroxylation is 1. The molecule has 0 aromatic carbocycles. The molecule has 19 heavy (non-hydrogen) atoms. The van der Waals surface area contributed by atoms with Crippen molar-refractivity contribution in [1.82, 2.24) is 4.98 Å². The Balaban J connectivity index is 2.14. The van der Waals surface area contributed by atoms with Gasteiger partial charge in [-0.25, -0.2) is 9.78 Å². The van der Waals surface area contributed by atoms with Gasteiger partial charge in [0.2, 0.25) is 0 Å². The van der Waals surface area contributed by atoms with Crippen LogP contribution in [-0.2, 0) is 11.2 Å². The maximum Gasteiger partial charge on any atom is 0.340 e. The minimum atomic E-state index is -0.496. The van der Waals surface area contributed by atoms with Crippen molar-refractivity contribution in [2.75, 3.05) is 0 Å². The van der Waals surface area contributed by atoms with Gasteiger partial charge in [-0.1, -0.05) is 24.4 Å². The maximum absolute atomic E-state index is 12.1. The summed E-state index contributed by atoms with van der Waals surface area (Å²) in [6.45, 7) is 5.58. The van der Waals surface area contributed by atoms with E-state index in [0.717, 1.165) is 24.5 Å². The summed E-state index contributed by atoms with van der Waals surface area (Å²) < 4.78 is 5.40. The number of pyridine rings is 1. The molecule has 0 saturated heterocycles. The van der Waals surface area contributed by atoms with Gasteiger partial charge in [0.05, 0.1) is 11.3 Å². The van der Waals surface area contributed by atoms with Crippen LogP contribution in [0.4, 0.5) is 0 Å². The first kappa shape index (κ1) is 14.3. The standard InChI is InChI=1S/C15H20ClNO2/c1-15(2,3)19-14(18)11-7-9-13(16)17-12(11)8-6-10-4-5-10/h7,9-10H,4-6,8H2,1-3H3. The molecule has 0 amide bonds. The number of halogens is 1. The van der Waals surface area contributed by atoms with Crippen LogP contribution < -0.4 is 0 Å². The van der Waals surface area contributed by atoms with E-state index >= 15 is 0 Å². The number of ether oxygens (including phenoxy) is 1. The minimum absolute atomic E-state index is 0.317. The molecule has 0 bridgehead atoms. The zero-order valence-corrected chi connectivity index (χ0v) is 12.5. The van der Waals surface area contributed by atoms with Gasteiger partial charge >= 0.3 is 5.97 Å². The van der Waals surface area contributed by atoms with E-state index in [2.05, 4.69) is 4.98 Å². The van der Waals surface area contributed by atoms with Gasteiger partial charge in [-0.15, -0.1) is 0 Å². The van der Waals surface area contributed by atoms with Crippen molar-refractivity contribution in [2.24, 2.45) is 5.92 Å². The van der Waals surface area contributed by atoms with Gasteiger partial charge in [0, 0.05) is 0 Å². The fraction of sp³-hybridized carbons (Fsp3) is 0.600. The Bertz CT molecular complexity index is 476. The lowest BCUT2D eigenvalue weighted by Gasteiger charge is -2.20. The van der Waals surface area contributed by atoms with Crippen LogP contribution in [0, 0.1) is 5.92 Å². The van der Waals surface area contributed by atoms with Crippen molar-refractivity contribution < 1.29 is 9.53 Å². The highest BCUT2D eigenvalue weighted by Crippen LogP contribution is 2.33. The highest BCUT2D eigenvalue weighted by atomic mass is 35.5. The number of carbonyl (C=O) groups is 1. The largest absolute Gasteiger partial charge is 0.456 e. The second kappa shape index (κ2) is 5.49. The van der Waals surface area contributed by atoms with E-state index in [-0.39, 0.29) is 5.97 Å². The molecule has 1 aromatic heterocycles. The third-order valence-corrected chi connectivity index (χ3v) is 3.26. The lowest BCUT2D eigenvalue weighted by molar-refractivity contribution is 0.00677. The van der Waals surface area contributed by atoms with Crippen molar-refractivity contribution in [1.29, 1.82) is 0 Å². The molecular weight excluding hydrogens is 262 g/mol. The molecule has 1 aromatic rings. The topological polar surface area (TPSA) is 39.2 Å². The summed E-state index contributed by atoms with van der Waals surface area (Å²) in [5.74, 6) is 0.481. The molecule has 1 saturated carbocycles. The van der Waals surface area contributed by atoms with Crippen LogP contribution >= 0.6 is 11.6 Å². The number of nitrogens with zero attached hydrogens (tertiary/aromatic N) is 1. The Hall–Kier alpha value is -1.09. The molecule has 1 aliphatic rings. The summed E-state index contributed by atoms with van der Waals surface area (Å²) in [4.78, 5) is 16.4. The Morgan fingerprint density at radius 3 is 2.68 bits per heavy atom. The van der Waals surface area contributed by atoms with Crippen LogP contribution in [0.5, 0.6) is 0 Å². The number of hydrogen-bond donors (Lipinski definition) is 0. The fourth-order valence-corrected chi connectivity index (χ4v) is 2.10. The Labute approximate surface area is 119 Å². The number of aromatic nitrogens is 1. The molecule has 2 rings (SSSR count). The molecule has 3 nitrogen and oxygen atoms in total. The molecule has 4 heteroatoms. The van der Waals surface area contributed by atoms with Crippen LogP contribution in [0.1, 0.15) is 56.1 Å². The van der Waals surface area contributed by atoms with Crippen molar-refractivity contribution in [2.45, 2.75) is 52.1 Å². The monoisotopic (exact) mass is 281 g/mol. The summed E-state index contributed by atoms with van der Waals surface area (Å²) in [6, 6.07) is 3.35. The van der Waals surface area contributed by atoms with Gasteiger partial charge in [-0.05, 0) is 51.7 Å². The van der Waals surface area contributed by atoms with Crippen molar-refractivity contribution in [3.05, 3.63) is 28.5 Å². The number of hydrogen-bond acceptors (Lipinski definition) is 3. The van der Waals surface area contributed by atoms with E-state index in [1.54, 1.807) is 12.1 Å². The summed E-state index contributed by atoms with van der Waals surface area (Å²) in [6.07, 6.45) is 4.45. The summed E-state index contributed by atoms with van der Waals surface area (Å²) >= 11 is 5.92. The number of rotatable bonds is 4. The Morgan fingerprint density at radius 2 is 2.11 bits per heavy atom. The Morgan fingerprint density at radius 1 is 1.42 bits per heavy atom. The minimum Gasteiger partial charge on any atom is -0.456 e. The first-order valence-electron chi connectivity index (χ1n) is 6.74. The number of carbonyl (C=O) groups excluding carboxylic acids is 1. The van der Waals surface area contributed by atoms with E-state index in [9.17, 15) is 4.79 Å². The molecule has 0 unspecified atom stereocenters. The van der Waals surface area contributed by atoms with Crippen LogP contribution in [0.15, 0.2) is 12.1 Å². The molecule has 104 valence electrons. The third-order valence-electron chi connectivity index (χ3n) is 3.05. The number of esters is 1. The average Bonchev–Trinajstić information content (AvgIpc) is 3.07. The zero-order valence-electron chi connectivity index (χ0n) is 11.7. The van der Waals surface area contributed by atoms with Gasteiger partial charge < -0.3 is 4.74 Å². The molecule has 0 aliphatic heterocycles. The highest BCUT2D eigenvalue weighted by molar-refractivity contribution is 6.29. The fourth-order valence-electron chi connectivity index (χ4n) is 1.93. The lowest BCUT2D eigenvalue weighted by Crippen LogP contribution is -2.24. The summed E-state index contributed by atoms with van der Waals surface area (Å²) in [7, 11) is 0. The maximum atomic E-state index is 12.1. The summed E-state index contributed by atoms with van der Waals surface area (Å²) in [5.41, 5.74) is 0.804. The second-order valence-electron chi connectivity index (χ2n) is 6.11. The molecule has 1 aliphatic carbocycles. The van der Waals surface area contributed by atoms with E-state index in [1.165, 1.54) is 12.8 Å².